The van der Waals surface area contributed by atoms with E-state index in [2.05, 4.69) is 11.8 Å². The summed E-state index contributed by atoms with van der Waals surface area (Å²) in [4.78, 5) is 30.7. The molecular formula is C35H42FN3O6. The van der Waals surface area contributed by atoms with Gasteiger partial charge in [0.2, 0.25) is 0 Å². The molecule has 5 atom stereocenters. The van der Waals surface area contributed by atoms with Gasteiger partial charge in [-0.1, -0.05) is 19.1 Å². The minimum atomic E-state index is -2.09. The van der Waals surface area contributed by atoms with Crippen molar-refractivity contribution in [3.63, 3.8) is 0 Å². The van der Waals surface area contributed by atoms with E-state index in [0.717, 1.165) is 31.5 Å². The van der Waals surface area contributed by atoms with Gasteiger partial charge in [-0.15, -0.1) is 0 Å². The lowest BCUT2D eigenvalue weighted by Gasteiger charge is -2.52. The summed E-state index contributed by atoms with van der Waals surface area (Å²) in [6, 6.07) is 7.31. The maximum absolute atomic E-state index is 15.5. The molecule has 3 unspecified atom stereocenters. The summed E-state index contributed by atoms with van der Waals surface area (Å²) in [5.41, 5.74) is 5.53. The molecule has 3 aliphatic carbocycles. The maximum atomic E-state index is 15.5. The quantitative estimate of drug-likeness (QED) is 0.337. The van der Waals surface area contributed by atoms with E-state index >= 15 is 4.39 Å². The molecule has 6 rings (SSSR count). The number of ketones is 1. The van der Waals surface area contributed by atoms with Crippen LogP contribution in [0.1, 0.15) is 49.8 Å². The molecule has 0 aromatic heterocycles. The minimum absolute atomic E-state index is 0.0488. The number of likely N-dealkylation sites (N-methyl/N-ethyl adjacent to an activating group) is 1. The van der Waals surface area contributed by atoms with Gasteiger partial charge in [0.15, 0.2) is 5.78 Å². The van der Waals surface area contributed by atoms with E-state index in [9.17, 15) is 30.0 Å². The number of allylic oxidation sites excluding steroid dienone is 1. The molecule has 0 spiro atoms. The highest BCUT2D eigenvalue weighted by Gasteiger charge is 2.60. The first-order valence-corrected chi connectivity index (χ1v) is 15.7. The SMILES string of the molecule is CC1CCN(Cc2ccc(F)c(-c3ccc(O)c4c3CC3CC5C(C(=O)C3=C4O)[C@@](C)(O)C(C(N)=O)=C(O)[C@H]5N(C)C)c2)CC1. The van der Waals surface area contributed by atoms with Gasteiger partial charge in [-0.3, -0.25) is 19.4 Å². The van der Waals surface area contributed by atoms with Crippen LogP contribution in [0.25, 0.3) is 16.9 Å². The second-order valence-electron chi connectivity index (χ2n) is 13.8. The first-order chi connectivity index (χ1) is 21.2. The average molecular weight is 620 g/mol. The Morgan fingerprint density at radius 1 is 1.11 bits per heavy atom. The molecule has 1 amide bonds. The van der Waals surface area contributed by atoms with E-state index in [1.54, 1.807) is 31.1 Å². The zero-order chi connectivity index (χ0) is 32.5. The van der Waals surface area contributed by atoms with E-state index in [0.29, 0.717) is 29.2 Å². The number of phenolic OH excluding ortho intramolecular Hbond substituents is 1. The van der Waals surface area contributed by atoms with Crippen molar-refractivity contribution in [3.05, 3.63) is 69.7 Å². The molecule has 2 fully saturated rings. The number of primary amides is 1. The first kappa shape index (κ1) is 31.3. The van der Waals surface area contributed by atoms with Crippen LogP contribution in [-0.4, -0.2) is 80.7 Å². The monoisotopic (exact) mass is 619 g/mol. The van der Waals surface area contributed by atoms with Crippen LogP contribution in [0.5, 0.6) is 5.75 Å². The summed E-state index contributed by atoms with van der Waals surface area (Å²) in [5, 5.41) is 45.4. The van der Waals surface area contributed by atoms with E-state index in [-0.39, 0.29) is 35.5 Å². The zero-order valence-corrected chi connectivity index (χ0v) is 26.2. The van der Waals surface area contributed by atoms with Crippen LogP contribution in [0, 0.1) is 29.5 Å². The first-order valence-electron chi connectivity index (χ1n) is 15.7. The number of carbonyl (C=O) groups is 2. The number of fused-ring (bicyclic) bond motifs is 3. The molecule has 1 heterocycles. The molecule has 2 aromatic carbocycles. The number of aliphatic hydroxyl groups is 3. The fourth-order valence-corrected chi connectivity index (χ4v) is 8.49. The largest absolute Gasteiger partial charge is 0.510 e. The Kier molecular flexibility index (Phi) is 7.82. The lowest BCUT2D eigenvalue weighted by atomic mass is 9.55. The number of carbonyl (C=O) groups excluding carboxylic acids is 2. The van der Waals surface area contributed by atoms with Crippen LogP contribution in [0.2, 0.25) is 0 Å². The Labute approximate surface area is 262 Å². The molecule has 240 valence electrons. The Morgan fingerprint density at radius 2 is 1.80 bits per heavy atom. The van der Waals surface area contributed by atoms with Crippen molar-refractivity contribution in [1.82, 2.24) is 9.80 Å². The zero-order valence-electron chi connectivity index (χ0n) is 26.2. The highest BCUT2D eigenvalue weighted by molar-refractivity contribution is 6.08. The summed E-state index contributed by atoms with van der Waals surface area (Å²) in [6.45, 7) is 6.19. The molecule has 9 nitrogen and oxygen atoms in total. The van der Waals surface area contributed by atoms with Gasteiger partial charge in [-0.2, -0.15) is 0 Å². The van der Waals surface area contributed by atoms with E-state index in [1.165, 1.54) is 19.1 Å². The predicted molar refractivity (Wildman–Crippen MR) is 167 cm³/mol. The third kappa shape index (κ3) is 5.03. The number of likely N-dealkylation sites (tertiary alicyclic amines) is 1. The molecule has 45 heavy (non-hydrogen) atoms. The molecule has 4 aliphatic rings. The lowest BCUT2D eigenvalue weighted by molar-refractivity contribution is -0.139. The van der Waals surface area contributed by atoms with Crippen LogP contribution >= 0.6 is 0 Å². The molecule has 1 saturated heterocycles. The maximum Gasteiger partial charge on any atom is 0.251 e. The third-order valence-electron chi connectivity index (χ3n) is 10.6. The van der Waals surface area contributed by atoms with Gasteiger partial charge < -0.3 is 26.2 Å². The van der Waals surface area contributed by atoms with Crippen molar-refractivity contribution < 1.29 is 34.4 Å². The van der Waals surface area contributed by atoms with Gasteiger partial charge in [0.25, 0.3) is 5.91 Å². The number of nitrogens with zero attached hydrogens (tertiary/aromatic N) is 2. The minimum Gasteiger partial charge on any atom is -0.510 e. The molecule has 0 bridgehead atoms. The van der Waals surface area contributed by atoms with Gasteiger partial charge in [0.05, 0.1) is 23.1 Å². The van der Waals surface area contributed by atoms with Crippen LogP contribution in [0.15, 0.2) is 47.2 Å². The molecule has 1 saturated carbocycles. The van der Waals surface area contributed by atoms with Crippen molar-refractivity contribution in [2.24, 2.45) is 29.4 Å². The summed E-state index contributed by atoms with van der Waals surface area (Å²) >= 11 is 0. The third-order valence-corrected chi connectivity index (χ3v) is 10.6. The number of aliphatic hydroxyl groups excluding tert-OH is 2. The van der Waals surface area contributed by atoms with Crippen LogP contribution < -0.4 is 5.73 Å². The number of amides is 1. The van der Waals surface area contributed by atoms with Gasteiger partial charge in [-0.05, 0) is 112 Å². The van der Waals surface area contributed by atoms with Gasteiger partial charge >= 0.3 is 0 Å². The van der Waals surface area contributed by atoms with E-state index in [1.807, 2.05) is 6.07 Å². The van der Waals surface area contributed by atoms with Gasteiger partial charge in [0.1, 0.15) is 28.7 Å². The lowest BCUT2D eigenvalue weighted by Crippen LogP contribution is -2.61. The average Bonchev–Trinajstić information content (AvgIpc) is 2.94. The van der Waals surface area contributed by atoms with Crippen LogP contribution in [0.3, 0.4) is 0 Å². The predicted octanol–water partition coefficient (Wildman–Crippen LogP) is 4.07. The molecule has 10 heteroatoms. The number of hydrogen-bond acceptors (Lipinski definition) is 8. The molecular weight excluding hydrogens is 577 g/mol. The Hall–Kier alpha value is -3.73. The van der Waals surface area contributed by atoms with E-state index in [4.69, 9.17) is 5.73 Å². The number of benzene rings is 2. The number of nitrogens with two attached hydrogens (primary N) is 1. The van der Waals surface area contributed by atoms with Crippen molar-refractivity contribution in [1.29, 1.82) is 0 Å². The highest BCUT2D eigenvalue weighted by atomic mass is 19.1. The summed E-state index contributed by atoms with van der Waals surface area (Å²) < 4.78 is 15.5. The second-order valence-corrected chi connectivity index (χ2v) is 13.8. The standard InChI is InChI=1S/C35H42FN3O6/c1-17-9-11-39(12-10-17)16-18-5-7-24(36)21(13-18)20-6-8-25(40)27-22(20)14-19-15-23-28(32(42)26(19)31(27)41)35(2,45)29(34(37)44)33(43)30(23)38(3)4/h5-8,13,17,19,23,28,30,40-41,43,45H,9-12,14-16H2,1-4H3,(H2,37,44)/t19?,23?,28?,30-,35+/m0/s1. The smallest absolute Gasteiger partial charge is 0.251 e. The van der Waals surface area contributed by atoms with Crippen LogP contribution in [0.4, 0.5) is 4.39 Å². The number of Topliss-reactive ketones (excluding diaryl/α,β-unsaturated/α-hetero) is 1. The number of halogens is 1. The number of aromatic hydroxyl groups is 1. The molecule has 2 aromatic rings. The second kappa shape index (κ2) is 11.3. The number of rotatable bonds is 5. The number of hydrogen-bond donors (Lipinski definition) is 5. The topological polar surface area (TPSA) is 148 Å². The van der Waals surface area contributed by atoms with Crippen molar-refractivity contribution in [3.8, 4) is 16.9 Å². The normalized spacial score (nSPS) is 29.1. The van der Waals surface area contributed by atoms with Crippen molar-refractivity contribution in [2.45, 2.75) is 57.7 Å². The van der Waals surface area contributed by atoms with Crippen molar-refractivity contribution >= 4 is 17.4 Å². The van der Waals surface area contributed by atoms with Crippen molar-refractivity contribution in [2.75, 3.05) is 27.2 Å². The Morgan fingerprint density at radius 3 is 2.44 bits per heavy atom. The summed E-state index contributed by atoms with van der Waals surface area (Å²) in [5.74, 6) is -4.74. The van der Waals surface area contributed by atoms with Gasteiger partial charge in [-0.25, -0.2) is 4.39 Å². The van der Waals surface area contributed by atoms with Crippen LogP contribution in [-0.2, 0) is 22.6 Å². The number of phenols is 1. The highest BCUT2D eigenvalue weighted by Crippen LogP contribution is 2.55. The fraction of sp³-hybridized carbons (Fsp3) is 0.486. The Balaban J connectivity index is 1.44. The van der Waals surface area contributed by atoms with Gasteiger partial charge in [0, 0.05) is 17.7 Å². The summed E-state index contributed by atoms with van der Waals surface area (Å²) in [6.07, 6.45) is 2.74. The fourth-order valence-electron chi connectivity index (χ4n) is 8.49. The van der Waals surface area contributed by atoms with E-state index < -0.39 is 58.2 Å². The Bertz CT molecular complexity index is 1640. The number of piperidine rings is 1. The molecule has 6 N–H and O–H groups in total. The molecule has 1 aliphatic heterocycles. The summed E-state index contributed by atoms with van der Waals surface area (Å²) in [7, 11) is 3.41. The molecule has 0 radical (unpaired) electrons.